The molecular formula is C10H18O9. The Kier molecular flexibility index (Phi) is 4.71. The molecule has 0 saturated carbocycles. The molecular weight excluding hydrogens is 264 g/mol. The fourth-order valence-electron chi connectivity index (χ4n) is 2.01. The normalized spacial score (nSPS) is 52.1. The van der Waals surface area contributed by atoms with Crippen LogP contribution in [0, 0.1) is 0 Å². The predicted molar refractivity (Wildman–Crippen MR) is 56.6 cm³/mol. The first-order valence-electron chi connectivity index (χ1n) is 5.89. The molecule has 1 unspecified atom stereocenters. The molecule has 9 nitrogen and oxygen atoms in total. The van der Waals surface area contributed by atoms with E-state index in [1.54, 1.807) is 0 Å². The van der Waals surface area contributed by atoms with Gasteiger partial charge in [-0.1, -0.05) is 0 Å². The molecule has 0 aromatic rings. The Hall–Kier alpha value is -0.360. The van der Waals surface area contributed by atoms with Crippen molar-refractivity contribution in [2.75, 3.05) is 13.2 Å². The summed E-state index contributed by atoms with van der Waals surface area (Å²) in [6.45, 7) is -0.516. The van der Waals surface area contributed by atoms with Gasteiger partial charge in [0.1, 0.15) is 36.6 Å². The Morgan fingerprint density at radius 2 is 1.37 bits per heavy atom. The van der Waals surface area contributed by atoms with E-state index in [-0.39, 0.29) is 13.2 Å². The van der Waals surface area contributed by atoms with Gasteiger partial charge >= 0.3 is 0 Å². The number of hydrogen-bond donors (Lipinski definition) is 6. The van der Waals surface area contributed by atoms with E-state index in [4.69, 9.17) is 9.47 Å². The molecule has 2 heterocycles. The molecule has 19 heavy (non-hydrogen) atoms. The molecule has 2 rings (SSSR count). The third kappa shape index (κ3) is 3.05. The van der Waals surface area contributed by atoms with Gasteiger partial charge < -0.3 is 44.8 Å². The van der Waals surface area contributed by atoms with Crippen LogP contribution in [0.5, 0.6) is 0 Å². The standard InChI is InChI=1S/C10H18O9/c11-3-1-18-10(6(14)5(3)13)19-8-4(12)2-17-9(16)7(8)15/h3-16H,1-2H2/t3-,4+,5-,6+,7+,8-,9?,10-/m0/s1. The van der Waals surface area contributed by atoms with Gasteiger partial charge in [-0.3, -0.25) is 0 Å². The minimum atomic E-state index is -1.54. The number of ether oxygens (including phenoxy) is 3. The van der Waals surface area contributed by atoms with Gasteiger partial charge in [0.25, 0.3) is 0 Å². The minimum absolute atomic E-state index is 0.253. The fourth-order valence-corrected chi connectivity index (χ4v) is 2.01. The summed E-state index contributed by atoms with van der Waals surface area (Å²) in [4.78, 5) is 0. The maximum Gasteiger partial charge on any atom is 0.186 e. The van der Waals surface area contributed by atoms with Crippen LogP contribution in [-0.4, -0.2) is 93.1 Å². The van der Waals surface area contributed by atoms with Crippen LogP contribution >= 0.6 is 0 Å². The van der Waals surface area contributed by atoms with Gasteiger partial charge in [0.05, 0.1) is 13.2 Å². The van der Waals surface area contributed by atoms with Crippen LogP contribution in [0.25, 0.3) is 0 Å². The van der Waals surface area contributed by atoms with Crippen LogP contribution in [0.1, 0.15) is 0 Å². The van der Waals surface area contributed by atoms with Crippen molar-refractivity contribution in [1.29, 1.82) is 0 Å². The van der Waals surface area contributed by atoms with E-state index in [1.165, 1.54) is 0 Å². The van der Waals surface area contributed by atoms with Crippen molar-refractivity contribution >= 4 is 0 Å². The Morgan fingerprint density at radius 1 is 0.737 bits per heavy atom. The van der Waals surface area contributed by atoms with Gasteiger partial charge in [-0.25, -0.2) is 0 Å². The summed E-state index contributed by atoms with van der Waals surface area (Å²) in [5.41, 5.74) is 0. The highest BCUT2D eigenvalue weighted by atomic mass is 16.7. The molecule has 2 fully saturated rings. The summed E-state index contributed by atoms with van der Waals surface area (Å²) in [6.07, 6.45) is -11.1. The maximum atomic E-state index is 9.66. The van der Waals surface area contributed by atoms with Gasteiger partial charge in [-0.05, 0) is 0 Å². The molecule has 0 aromatic carbocycles. The van der Waals surface area contributed by atoms with Crippen molar-refractivity contribution in [3.8, 4) is 0 Å². The van der Waals surface area contributed by atoms with Gasteiger partial charge in [0.2, 0.25) is 0 Å². The molecule has 2 aliphatic heterocycles. The molecule has 6 N–H and O–H groups in total. The van der Waals surface area contributed by atoms with Crippen LogP contribution in [-0.2, 0) is 14.2 Å². The van der Waals surface area contributed by atoms with E-state index in [2.05, 4.69) is 4.74 Å². The van der Waals surface area contributed by atoms with Crippen LogP contribution in [0.3, 0.4) is 0 Å². The largest absolute Gasteiger partial charge is 0.388 e. The first-order valence-corrected chi connectivity index (χ1v) is 5.89. The highest BCUT2D eigenvalue weighted by molar-refractivity contribution is 4.87. The zero-order valence-electron chi connectivity index (χ0n) is 9.94. The van der Waals surface area contributed by atoms with E-state index in [0.717, 1.165) is 0 Å². The second-order valence-corrected chi connectivity index (χ2v) is 4.63. The van der Waals surface area contributed by atoms with Gasteiger partial charge in [0.15, 0.2) is 12.6 Å². The quantitative estimate of drug-likeness (QED) is 0.297. The van der Waals surface area contributed by atoms with E-state index >= 15 is 0 Å². The van der Waals surface area contributed by atoms with Crippen molar-refractivity contribution in [2.45, 2.75) is 49.2 Å². The van der Waals surface area contributed by atoms with Gasteiger partial charge in [-0.2, -0.15) is 0 Å². The van der Waals surface area contributed by atoms with Gasteiger partial charge in [0, 0.05) is 0 Å². The molecule has 0 bridgehead atoms. The Morgan fingerprint density at radius 3 is 2.05 bits per heavy atom. The number of aliphatic hydroxyl groups is 6. The SMILES string of the molecule is OC1OC[C@@H](O)[C@H](O[C@@H]2OC[C@H](O)[C@H](O)[C@H]2O)[C@H]1O. The molecule has 2 saturated heterocycles. The van der Waals surface area contributed by atoms with Crippen LogP contribution in [0.2, 0.25) is 0 Å². The van der Waals surface area contributed by atoms with Crippen molar-refractivity contribution in [3.05, 3.63) is 0 Å². The van der Waals surface area contributed by atoms with Crippen LogP contribution in [0.4, 0.5) is 0 Å². The topological polar surface area (TPSA) is 149 Å². The fraction of sp³-hybridized carbons (Fsp3) is 1.00. The van der Waals surface area contributed by atoms with Crippen molar-refractivity contribution in [1.82, 2.24) is 0 Å². The molecule has 0 radical (unpaired) electrons. The molecule has 2 aliphatic rings. The van der Waals surface area contributed by atoms with E-state index in [0.29, 0.717) is 0 Å². The lowest BCUT2D eigenvalue weighted by Crippen LogP contribution is -2.60. The monoisotopic (exact) mass is 282 g/mol. The van der Waals surface area contributed by atoms with Gasteiger partial charge in [-0.15, -0.1) is 0 Å². The molecule has 112 valence electrons. The minimum Gasteiger partial charge on any atom is -0.388 e. The highest BCUT2D eigenvalue weighted by Gasteiger charge is 2.45. The van der Waals surface area contributed by atoms with E-state index in [1.807, 2.05) is 0 Å². The van der Waals surface area contributed by atoms with Crippen molar-refractivity contribution < 1.29 is 44.8 Å². The van der Waals surface area contributed by atoms with Crippen LogP contribution < -0.4 is 0 Å². The Bertz CT molecular complexity index is 301. The second-order valence-electron chi connectivity index (χ2n) is 4.63. The first-order chi connectivity index (χ1) is 8.91. The van der Waals surface area contributed by atoms with Crippen molar-refractivity contribution in [3.63, 3.8) is 0 Å². The van der Waals surface area contributed by atoms with Crippen LogP contribution in [0.15, 0.2) is 0 Å². The summed E-state index contributed by atoms with van der Waals surface area (Å²) in [5, 5.41) is 57.0. The highest BCUT2D eigenvalue weighted by Crippen LogP contribution is 2.23. The Balaban J connectivity index is 1.99. The maximum absolute atomic E-state index is 9.66. The second kappa shape index (κ2) is 5.95. The molecule has 0 aliphatic carbocycles. The van der Waals surface area contributed by atoms with E-state index in [9.17, 15) is 30.6 Å². The number of hydrogen-bond acceptors (Lipinski definition) is 9. The Labute approximate surface area is 108 Å². The number of rotatable bonds is 2. The molecule has 0 aromatic heterocycles. The zero-order valence-corrected chi connectivity index (χ0v) is 9.94. The lowest BCUT2D eigenvalue weighted by molar-refractivity contribution is -0.329. The van der Waals surface area contributed by atoms with E-state index < -0.39 is 49.2 Å². The zero-order chi connectivity index (χ0) is 14.2. The average molecular weight is 282 g/mol. The molecule has 9 heteroatoms. The smallest absolute Gasteiger partial charge is 0.186 e. The predicted octanol–water partition coefficient (Wildman–Crippen LogP) is -4.12. The van der Waals surface area contributed by atoms with Crippen molar-refractivity contribution in [2.24, 2.45) is 0 Å². The molecule has 0 amide bonds. The third-order valence-electron chi connectivity index (χ3n) is 3.19. The lowest BCUT2D eigenvalue weighted by atomic mass is 10.0. The number of aliphatic hydroxyl groups excluding tert-OH is 6. The summed E-state index contributed by atoms with van der Waals surface area (Å²) in [5.74, 6) is 0. The third-order valence-corrected chi connectivity index (χ3v) is 3.19. The average Bonchev–Trinajstić information content (AvgIpc) is 2.39. The summed E-state index contributed by atoms with van der Waals surface area (Å²) < 4.78 is 14.8. The lowest BCUT2D eigenvalue weighted by Gasteiger charge is -2.41. The molecule has 8 atom stereocenters. The summed E-state index contributed by atoms with van der Waals surface area (Å²) >= 11 is 0. The summed E-state index contributed by atoms with van der Waals surface area (Å²) in [7, 11) is 0. The molecule has 0 spiro atoms. The first kappa shape index (κ1) is 15.0. The summed E-state index contributed by atoms with van der Waals surface area (Å²) in [6, 6.07) is 0.